The third-order valence-electron chi connectivity index (χ3n) is 3.74. The van der Waals surface area contributed by atoms with Crippen LogP contribution in [0.3, 0.4) is 0 Å². The SMILES string of the molecule is Cc1cc(C(=O)CN2CCCCC2C)c(C)[nH]1. The summed E-state index contributed by atoms with van der Waals surface area (Å²) < 4.78 is 0. The van der Waals surface area contributed by atoms with E-state index in [-0.39, 0.29) is 5.78 Å². The van der Waals surface area contributed by atoms with Crippen molar-refractivity contribution < 1.29 is 4.79 Å². The van der Waals surface area contributed by atoms with Gasteiger partial charge in [0.15, 0.2) is 5.78 Å². The van der Waals surface area contributed by atoms with Gasteiger partial charge in [-0.05, 0) is 46.2 Å². The number of carbonyl (C=O) groups is 1. The van der Waals surface area contributed by atoms with Crippen LogP contribution in [0.4, 0.5) is 0 Å². The van der Waals surface area contributed by atoms with E-state index in [1.807, 2.05) is 19.9 Å². The average molecular weight is 234 g/mol. The number of likely N-dealkylation sites (tertiary alicyclic amines) is 1. The molecule has 2 rings (SSSR count). The van der Waals surface area contributed by atoms with E-state index in [0.29, 0.717) is 12.6 Å². The van der Waals surface area contributed by atoms with Crippen LogP contribution in [0.1, 0.15) is 47.9 Å². The second kappa shape index (κ2) is 5.05. The number of ketones is 1. The number of nitrogens with one attached hydrogen (secondary N) is 1. The van der Waals surface area contributed by atoms with Crippen LogP contribution in [-0.4, -0.2) is 34.8 Å². The molecule has 0 spiro atoms. The molecule has 94 valence electrons. The van der Waals surface area contributed by atoms with Gasteiger partial charge in [-0.15, -0.1) is 0 Å². The third kappa shape index (κ3) is 2.78. The molecule has 0 radical (unpaired) electrons. The highest BCUT2D eigenvalue weighted by molar-refractivity contribution is 5.98. The van der Waals surface area contributed by atoms with E-state index in [4.69, 9.17) is 0 Å². The van der Waals surface area contributed by atoms with Crippen LogP contribution >= 0.6 is 0 Å². The van der Waals surface area contributed by atoms with Crippen LogP contribution in [0, 0.1) is 13.8 Å². The van der Waals surface area contributed by atoms with Gasteiger partial charge in [-0.1, -0.05) is 6.42 Å². The first kappa shape index (κ1) is 12.4. The largest absolute Gasteiger partial charge is 0.362 e. The topological polar surface area (TPSA) is 36.1 Å². The molecule has 0 amide bonds. The normalized spacial score (nSPS) is 21.7. The Hall–Kier alpha value is -1.09. The zero-order chi connectivity index (χ0) is 12.4. The van der Waals surface area contributed by atoms with E-state index < -0.39 is 0 Å². The predicted octanol–water partition coefficient (Wildman–Crippen LogP) is 2.69. The van der Waals surface area contributed by atoms with Gasteiger partial charge < -0.3 is 4.98 Å². The fourth-order valence-electron chi connectivity index (χ4n) is 2.68. The lowest BCUT2D eigenvalue weighted by atomic mass is 10.0. The van der Waals surface area contributed by atoms with Crippen LogP contribution in [0.5, 0.6) is 0 Å². The van der Waals surface area contributed by atoms with Crippen molar-refractivity contribution in [3.8, 4) is 0 Å². The van der Waals surface area contributed by atoms with E-state index >= 15 is 0 Å². The summed E-state index contributed by atoms with van der Waals surface area (Å²) in [7, 11) is 0. The molecule has 0 aromatic carbocycles. The first-order chi connectivity index (χ1) is 8.08. The van der Waals surface area contributed by atoms with Gasteiger partial charge in [0.25, 0.3) is 0 Å². The standard InChI is InChI=1S/C14H22N2O/c1-10-8-13(12(3)15-10)14(17)9-16-7-5-4-6-11(16)2/h8,11,15H,4-7,9H2,1-3H3. The predicted molar refractivity (Wildman–Crippen MR) is 69.5 cm³/mol. The van der Waals surface area contributed by atoms with Crippen molar-refractivity contribution in [3.63, 3.8) is 0 Å². The minimum absolute atomic E-state index is 0.251. The lowest BCUT2D eigenvalue weighted by Gasteiger charge is -2.32. The molecule has 1 aromatic rings. The zero-order valence-electron chi connectivity index (χ0n) is 11.0. The maximum absolute atomic E-state index is 12.2. The van der Waals surface area contributed by atoms with E-state index in [1.54, 1.807) is 0 Å². The van der Waals surface area contributed by atoms with Gasteiger partial charge in [0, 0.05) is 23.0 Å². The molecule has 1 saturated heterocycles. The summed E-state index contributed by atoms with van der Waals surface area (Å²) in [6, 6.07) is 2.51. The highest BCUT2D eigenvalue weighted by Crippen LogP contribution is 2.18. The molecule has 1 unspecified atom stereocenters. The van der Waals surface area contributed by atoms with E-state index in [9.17, 15) is 4.79 Å². The van der Waals surface area contributed by atoms with E-state index in [2.05, 4.69) is 16.8 Å². The highest BCUT2D eigenvalue weighted by atomic mass is 16.1. The molecule has 0 saturated carbocycles. The van der Waals surface area contributed by atoms with Crippen molar-refractivity contribution in [1.29, 1.82) is 0 Å². The minimum atomic E-state index is 0.251. The smallest absolute Gasteiger partial charge is 0.178 e. The van der Waals surface area contributed by atoms with Crippen molar-refractivity contribution in [2.75, 3.05) is 13.1 Å². The first-order valence-corrected chi connectivity index (χ1v) is 6.51. The molecular weight excluding hydrogens is 212 g/mol. The summed E-state index contributed by atoms with van der Waals surface area (Å²) in [5.74, 6) is 0.251. The van der Waals surface area contributed by atoms with Crippen LogP contribution in [0.15, 0.2) is 6.07 Å². The molecule has 1 N–H and O–H groups in total. The van der Waals surface area contributed by atoms with Crippen LogP contribution in [-0.2, 0) is 0 Å². The number of rotatable bonds is 3. The van der Waals surface area contributed by atoms with Crippen molar-refractivity contribution in [2.24, 2.45) is 0 Å². The number of aromatic amines is 1. The molecule has 0 aliphatic carbocycles. The van der Waals surface area contributed by atoms with Gasteiger partial charge in [-0.3, -0.25) is 9.69 Å². The zero-order valence-corrected chi connectivity index (χ0v) is 11.0. The molecule has 3 nitrogen and oxygen atoms in total. The Balaban J connectivity index is 2.03. The number of carbonyl (C=O) groups excluding carboxylic acids is 1. The summed E-state index contributed by atoms with van der Waals surface area (Å²) in [4.78, 5) is 17.7. The second-order valence-electron chi connectivity index (χ2n) is 5.23. The van der Waals surface area contributed by atoms with Crippen LogP contribution < -0.4 is 0 Å². The Morgan fingerprint density at radius 2 is 2.24 bits per heavy atom. The molecule has 1 atom stereocenters. The molecule has 1 fully saturated rings. The number of aryl methyl sites for hydroxylation is 2. The fourth-order valence-corrected chi connectivity index (χ4v) is 2.68. The highest BCUT2D eigenvalue weighted by Gasteiger charge is 2.22. The average Bonchev–Trinajstić information content (AvgIpc) is 2.61. The molecular formula is C14H22N2O. The fraction of sp³-hybridized carbons (Fsp3) is 0.643. The number of aromatic nitrogens is 1. The number of Topliss-reactive ketones (excluding diaryl/α,β-unsaturated/α-hetero) is 1. The Labute approximate surface area is 103 Å². The first-order valence-electron chi connectivity index (χ1n) is 6.51. The Morgan fingerprint density at radius 3 is 2.82 bits per heavy atom. The lowest BCUT2D eigenvalue weighted by molar-refractivity contribution is 0.0860. The summed E-state index contributed by atoms with van der Waals surface area (Å²) in [6.07, 6.45) is 3.75. The van der Waals surface area contributed by atoms with E-state index in [1.165, 1.54) is 19.3 Å². The van der Waals surface area contributed by atoms with Gasteiger partial charge in [0.05, 0.1) is 6.54 Å². The van der Waals surface area contributed by atoms with Gasteiger partial charge in [-0.2, -0.15) is 0 Å². The summed E-state index contributed by atoms with van der Waals surface area (Å²) in [5.41, 5.74) is 2.93. The van der Waals surface area contributed by atoms with Gasteiger partial charge in [-0.25, -0.2) is 0 Å². The third-order valence-corrected chi connectivity index (χ3v) is 3.74. The van der Waals surface area contributed by atoms with Crippen molar-refractivity contribution in [1.82, 2.24) is 9.88 Å². The lowest BCUT2D eigenvalue weighted by Crippen LogP contribution is -2.40. The van der Waals surface area contributed by atoms with Crippen LogP contribution in [0.25, 0.3) is 0 Å². The summed E-state index contributed by atoms with van der Waals surface area (Å²) in [6.45, 7) is 7.82. The Morgan fingerprint density at radius 1 is 1.47 bits per heavy atom. The number of piperidine rings is 1. The maximum atomic E-state index is 12.2. The monoisotopic (exact) mass is 234 g/mol. The number of H-pyrrole nitrogens is 1. The maximum Gasteiger partial charge on any atom is 0.178 e. The number of hydrogen-bond donors (Lipinski definition) is 1. The molecule has 1 aliphatic rings. The van der Waals surface area contributed by atoms with Gasteiger partial charge in [0.1, 0.15) is 0 Å². The Kier molecular flexibility index (Phi) is 3.67. The van der Waals surface area contributed by atoms with Crippen LogP contribution in [0.2, 0.25) is 0 Å². The quantitative estimate of drug-likeness (QED) is 0.816. The second-order valence-corrected chi connectivity index (χ2v) is 5.23. The summed E-state index contributed by atoms with van der Waals surface area (Å²) in [5, 5.41) is 0. The minimum Gasteiger partial charge on any atom is -0.362 e. The van der Waals surface area contributed by atoms with Crippen molar-refractivity contribution in [2.45, 2.75) is 46.1 Å². The molecule has 1 aliphatic heterocycles. The number of nitrogens with zero attached hydrogens (tertiary/aromatic N) is 1. The molecule has 1 aromatic heterocycles. The van der Waals surface area contributed by atoms with E-state index in [0.717, 1.165) is 23.5 Å². The number of hydrogen-bond acceptors (Lipinski definition) is 2. The van der Waals surface area contributed by atoms with Gasteiger partial charge in [0.2, 0.25) is 0 Å². The molecule has 2 heterocycles. The molecule has 0 bridgehead atoms. The summed E-state index contributed by atoms with van der Waals surface area (Å²) >= 11 is 0. The van der Waals surface area contributed by atoms with Crippen molar-refractivity contribution in [3.05, 3.63) is 23.0 Å². The molecule has 17 heavy (non-hydrogen) atoms. The Bertz CT molecular complexity index is 408. The van der Waals surface area contributed by atoms with Crippen molar-refractivity contribution >= 4 is 5.78 Å². The molecule has 3 heteroatoms. The van der Waals surface area contributed by atoms with Gasteiger partial charge >= 0.3 is 0 Å².